The van der Waals surface area contributed by atoms with Crippen LogP contribution in [0.25, 0.3) is 0 Å². The normalized spacial score (nSPS) is 38.6. The molecule has 0 radical (unpaired) electrons. The SMILES string of the molecule is CC1(C)C(NCCC(=O)N2CCCC2)[C@]2(C)CC[C@H]1C2. The van der Waals surface area contributed by atoms with Gasteiger partial charge in [0.05, 0.1) is 0 Å². The van der Waals surface area contributed by atoms with Gasteiger partial charge in [0, 0.05) is 32.1 Å². The summed E-state index contributed by atoms with van der Waals surface area (Å²) in [5.41, 5.74) is 0.856. The van der Waals surface area contributed by atoms with Gasteiger partial charge in [0.15, 0.2) is 0 Å². The second-order valence-corrected chi connectivity index (χ2v) is 8.14. The Kier molecular flexibility index (Phi) is 3.60. The third kappa shape index (κ3) is 2.28. The van der Waals surface area contributed by atoms with E-state index in [1.165, 1.54) is 32.1 Å². The van der Waals surface area contributed by atoms with E-state index in [1.54, 1.807) is 0 Å². The van der Waals surface area contributed by atoms with Crippen molar-refractivity contribution in [3.8, 4) is 0 Å². The maximum Gasteiger partial charge on any atom is 0.223 e. The van der Waals surface area contributed by atoms with Gasteiger partial charge in [-0.3, -0.25) is 4.79 Å². The van der Waals surface area contributed by atoms with Gasteiger partial charge in [0.25, 0.3) is 0 Å². The van der Waals surface area contributed by atoms with Gasteiger partial charge in [-0.25, -0.2) is 0 Å². The molecule has 0 spiro atoms. The largest absolute Gasteiger partial charge is 0.343 e. The van der Waals surface area contributed by atoms with E-state index in [9.17, 15) is 4.79 Å². The van der Waals surface area contributed by atoms with Crippen molar-refractivity contribution in [2.24, 2.45) is 16.7 Å². The average Bonchev–Trinajstić information content (AvgIpc) is 3.05. The van der Waals surface area contributed by atoms with Crippen molar-refractivity contribution in [2.45, 2.75) is 65.3 Å². The van der Waals surface area contributed by atoms with E-state index in [1.807, 2.05) is 4.90 Å². The van der Waals surface area contributed by atoms with E-state index >= 15 is 0 Å². The topological polar surface area (TPSA) is 32.3 Å². The van der Waals surface area contributed by atoms with Crippen molar-refractivity contribution in [1.82, 2.24) is 10.2 Å². The fraction of sp³-hybridized carbons (Fsp3) is 0.941. The summed E-state index contributed by atoms with van der Waals surface area (Å²) in [4.78, 5) is 14.1. The Hall–Kier alpha value is -0.570. The monoisotopic (exact) mass is 278 g/mol. The minimum atomic E-state index is 0.348. The molecule has 0 aromatic rings. The molecule has 3 aliphatic rings. The van der Waals surface area contributed by atoms with Crippen molar-refractivity contribution in [3.05, 3.63) is 0 Å². The number of carbonyl (C=O) groups is 1. The second-order valence-electron chi connectivity index (χ2n) is 8.14. The molecule has 2 saturated carbocycles. The molecule has 2 aliphatic carbocycles. The highest BCUT2D eigenvalue weighted by molar-refractivity contribution is 5.76. The summed E-state index contributed by atoms with van der Waals surface area (Å²) in [5, 5.41) is 3.75. The van der Waals surface area contributed by atoms with Crippen LogP contribution < -0.4 is 5.32 Å². The Morgan fingerprint density at radius 1 is 1.25 bits per heavy atom. The lowest BCUT2D eigenvalue weighted by molar-refractivity contribution is -0.130. The first-order chi connectivity index (χ1) is 9.43. The number of amides is 1. The van der Waals surface area contributed by atoms with Crippen molar-refractivity contribution in [1.29, 1.82) is 0 Å². The zero-order valence-electron chi connectivity index (χ0n) is 13.4. The minimum Gasteiger partial charge on any atom is -0.343 e. The number of rotatable bonds is 4. The fourth-order valence-corrected chi connectivity index (χ4v) is 5.26. The molecule has 1 amide bonds. The molecule has 1 unspecified atom stereocenters. The number of nitrogens with one attached hydrogen (secondary N) is 1. The van der Waals surface area contributed by atoms with Crippen LogP contribution in [0.2, 0.25) is 0 Å². The van der Waals surface area contributed by atoms with Gasteiger partial charge in [-0.2, -0.15) is 0 Å². The molecule has 20 heavy (non-hydrogen) atoms. The van der Waals surface area contributed by atoms with E-state index in [0.717, 1.165) is 25.6 Å². The van der Waals surface area contributed by atoms with Crippen LogP contribution in [0.4, 0.5) is 0 Å². The standard InChI is InChI=1S/C17H30N2O/c1-16(2)13-6-8-17(3,12-13)15(16)18-9-7-14(20)19-10-4-5-11-19/h13,15,18H,4-12H2,1-3H3/t13-,15?,17+/m0/s1. The van der Waals surface area contributed by atoms with Crippen LogP contribution in [0.3, 0.4) is 0 Å². The molecule has 3 atom stereocenters. The molecule has 3 fully saturated rings. The predicted octanol–water partition coefficient (Wildman–Crippen LogP) is 2.80. The summed E-state index contributed by atoms with van der Waals surface area (Å²) in [6, 6.07) is 0.583. The van der Waals surface area contributed by atoms with Gasteiger partial charge in [-0.15, -0.1) is 0 Å². The van der Waals surface area contributed by atoms with E-state index < -0.39 is 0 Å². The highest BCUT2D eigenvalue weighted by Gasteiger charge is 2.58. The molecule has 3 heteroatoms. The lowest BCUT2D eigenvalue weighted by Crippen LogP contribution is -2.51. The Labute approximate surface area is 123 Å². The van der Waals surface area contributed by atoms with Crippen LogP contribution in [0.5, 0.6) is 0 Å². The first-order valence-corrected chi connectivity index (χ1v) is 8.45. The summed E-state index contributed by atoms with van der Waals surface area (Å²) in [7, 11) is 0. The lowest BCUT2D eigenvalue weighted by Gasteiger charge is -2.43. The van der Waals surface area contributed by atoms with Crippen LogP contribution in [-0.2, 0) is 4.79 Å². The highest BCUT2D eigenvalue weighted by atomic mass is 16.2. The molecule has 3 rings (SSSR count). The molecule has 0 aromatic carbocycles. The van der Waals surface area contributed by atoms with Gasteiger partial charge in [-0.05, 0) is 48.9 Å². The number of nitrogens with zero attached hydrogens (tertiary/aromatic N) is 1. The summed E-state index contributed by atoms with van der Waals surface area (Å²) < 4.78 is 0. The van der Waals surface area contributed by atoms with Gasteiger partial charge >= 0.3 is 0 Å². The van der Waals surface area contributed by atoms with Crippen molar-refractivity contribution in [3.63, 3.8) is 0 Å². The molecule has 1 heterocycles. The first-order valence-electron chi connectivity index (χ1n) is 8.45. The summed E-state index contributed by atoms with van der Waals surface area (Å²) >= 11 is 0. The Morgan fingerprint density at radius 2 is 1.95 bits per heavy atom. The minimum absolute atomic E-state index is 0.348. The number of hydrogen-bond acceptors (Lipinski definition) is 2. The lowest BCUT2D eigenvalue weighted by atomic mass is 9.68. The molecule has 2 bridgehead atoms. The first kappa shape index (κ1) is 14.4. The van der Waals surface area contributed by atoms with Gasteiger partial charge in [0.2, 0.25) is 5.91 Å². The number of likely N-dealkylation sites (tertiary alicyclic amines) is 1. The van der Waals surface area contributed by atoms with Gasteiger partial charge < -0.3 is 10.2 Å². The maximum absolute atomic E-state index is 12.1. The van der Waals surface area contributed by atoms with Gasteiger partial charge in [-0.1, -0.05) is 20.8 Å². The van der Waals surface area contributed by atoms with Gasteiger partial charge in [0.1, 0.15) is 0 Å². The van der Waals surface area contributed by atoms with Crippen LogP contribution >= 0.6 is 0 Å². The molecule has 1 N–H and O–H groups in total. The van der Waals surface area contributed by atoms with E-state index in [-0.39, 0.29) is 0 Å². The van der Waals surface area contributed by atoms with Crippen molar-refractivity contribution >= 4 is 5.91 Å². The van der Waals surface area contributed by atoms with E-state index in [0.29, 0.717) is 29.2 Å². The van der Waals surface area contributed by atoms with Crippen LogP contribution in [0, 0.1) is 16.7 Å². The smallest absolute Gasteiger partial charge is 0.223 e. The Balaban J connectivity index is 1.52. The Morgan fingerprint density at radius 3 is 2.55 bits per heavy atom. The number of fused-ring (bicyclic) bond motifs is 2. The molecule has 1 aliphatic heterocycles. The zero-order valence-corrected chi connectivity index (χ0v) is 13.4. The highest BCUT2D eigenvalue weighted by Crippen LogP contribution is 2.62. The fourth-order valence-electron chi connectivity index (χ4n) is 5.26. The van der Waals surface area contributed by atoms with Crippen molar-refractivity contribution < 1.29 is 4.79 Å². The molecule has 1 saturated heterocycles. The zero-order chi connectivity index (χ0) is 14.4. The molecule has 114 valence electrons. The van der Waals surface area contributed by atoms with Crippen LogP contribution in [0.1, 0.15) is 59.3 Å². The quantitative estimate of drug-likeness (QED) is 0.857. The van der Waals surface area contributed by atoms with Crippen LogP contribution in [0.15, 0.2) is 0 Å². The van der Waals surface area contributed by atoms with Crippen molar-refractivity contribution in [2.75, 3.05) is 19.6 Å². The Bertz CT molecular complexity index is 382. The third-order valence-electron chi connectivity index (χ3n) is 6.42. The summed E-state index contributed by atoms with van der Waals surface area (Å²) in [6.07, 6.45) is 7.18. The van der Waals surface area contributed by atoms with E-state index in [2.05, 4.69) is 26.1 Å². The third-order valence-corrected chi connectivity index (χ3v) is 6.42. The molecular weight excluding hydrogens is 248 g/mol. The predicted molar refractivity (Wildman–Crippen MR) is 81.5 cm³/mol. The summed E-state index contributed by atoms with van der Waals surface area (Å²) in [5.74, 6) is 1.22. The molecule has 0 aromatic heterocycles. The van der Waals surface area contributed by atoms with E-state index in [4.69, 9.17) is 0 Å². The molecule has 3 nitrogen and oxygen atoms in total. The molecular formula is C17H30N2O. The second kappa shape index (κ2) is 5.01. The van der Waals surface area contributed by atoms with Crippen LogP contribution in [-0.4, -0.2) is 36.5 Å². The number of hydrogen-bond donors (Lipinski definition) is 1. The number of carbonyl (C=O) groups excluding carboxylic acids is 1. The average molecular weight is 278 g/mol. The maximum atomic E-state index is 12.1. The summed E-state index contributed by atoms with van der Waals surface area (Å²) in [6.45, 7) is 10.1.